The predicted octanol–water partition coefficient (Wildman–Crippen LogP) is 3.29. The zero-order chi connectivity index (χ0) is 29.2. The molecule has 0 spiro atoms. The Hall–Kier alpha value is -5.00. The first-order valence-corrected chi connectivity index (χ1v) is 12.7. The Morgan fingerprint density at radius 1 is 0.585 bits per heavy atom. The Morgan fingerprint density at radius 2 is 1.22 bits per heavy atom. The van der Waals surface area contributed by atoms with Crippen molar-refractivity contribution in [2.75, 3.05) is 0 Å². The van der Waals surface area contributed by atoms with Gasteiger partial charge in [0.25, 0.3) is 0 Å². The predicted molar refractivity (Wildman–Crippen MR) is 142 cm³/mol. The molecular formula is C30H26O11. The maximum absolute atomic E-state index is 11.6. The lowest BCUT2D eigenvalue weighted by atomic mass is 9.77. The minimum Gasteiger partial charge on any atom is -0.508 e. The van der Waals surface area contributed by atoms with E-state index < -0.39 is 41.8 Å². The Balaban J connectivity index is 1.51. The standard InChI is InChI=1S/C30H26O11/c31-14-3-4-15(19(34)9-14)25-26-22(37)11-24-16(10-23(38)28(40-24)12-1-5-17(32)20(35)7-12)30(26)41-29(27(25)39)13-2-6-18(33)21(36)8-13/h1-9,11,23,25,27-29,31-39H,10H2/t23-,25-,27+,28+,29+/m1/s1. The van der Waals surface area contributed by atoms with Gasteiger partial charge in [0.2, 0.25) is 0 Å². The minimum atomic E-state index is -1.44. The van der Waals surface area contributed by atoms with Crippen molar-refractivity contribution in [3.8, 4) is 51.7 Å². The Bertz CT molecular complexity index is 1670. The van der Waals surface area contributed by atoms with Crippen LogP contribution >= 0.6 is 0 Å². The topological polar surface area (TPSA) is 201 Å². The van der Waals surface area contributed by atoms with Gasteiger partial charge in [0.15, 0.2) is 29.1 Å². The second-order valence-electron chi connectivity index (χ2n) is 10.2. The highest BCUT2D eigenvalue weighted by molar-refractivity contribution is 5.64. The van der Waals surface area contributed by atoms with Crippen LogP contribution in [0.3, 0.4) is 0 Å². The van der Waals surface area contributed by atoms with Gasteiger partial charge in [-0.1, -0.05) is 18.2 Å². The van der Waals surface area contributed by atoms with Crippen LogP contribution in [0.2, 0.25) is 0 Å². The van der Waals surface area contributed by atoms with E-state index >= 15 is 0 Å². The molecule has 0 aromatic heterocycles. The molecule has 4 aromatic rings. The van der Waals surface area contributed by atoms with E-state index in [-0.39, 0.29) is 63.4 Å². The van der Waals surface area contributed by atoms with Crippen molar-refractivity contribution in [1.29, 1.82) is 0 Å². The van der Waals surface area contributed by atoms with Crippen LogP contribution in [0.25, 0.3) is 0 Å². The molecule has 2 heterocycles. The molecule has 5 atom stereocenters. The summed E-state index contributed by atoms with van der Waals surface area (Å²) >= 11 is 0. The van der Waals surface area contributed by atoms with E-state index in [1.807, 2.05) is 0 Å². The molecule has 4 aromatic carbocycles. The highest BCUT2D eigenvalue weighted by Gasteiger charge is 2.45. The van der Waals surface area contributed by atoms with Crippen molar-refractivity contribution in [2.24, 2.45) is 0 Å². The van der Waals surface area contributed by atoms with Crippen LogP contribution in [0.1, 0.15) is 45.9 Å². The molecule has 0 unspecified atom stereocenters. The lowest BCUT2D eigenvalue weighted by molar-refractivity contribution is -0.00190. The molecule has 6 rings (SSSR count). The van der Waals surface area contributed by atoms with Crippen molar-refractivity contribution >= 4 is 0 Å². The van der Waals surface area contributed by atoms with Gasteiger partial charge in [0, 0.05) is 41.2 Å². The van der Waals surface area contributed by atoms with Crippen LogP contribution in [0.4, 0.5) is 0 Å². The Labute approximate surface area is 232 Å². The van der Waals surface area contributed by atoms with E-state index in [9.17, 15) is 46.0 Å². The fourth-order valence-electron chi connectivity index (χ4n) is 5.61. The van der Waals surface area contributed by atoms with Crippen LogP contribution in [0.15, 0.2) is 60.7 Å². The molecule has 212 valence electrons. The van der Waals surface area contributed by atoms with Crippen LogP contribution in [0, 0.1) is 0 Å². The maximum atomic E-state index is 11.6. The summed E-state index contributed by atoms with van der Waals surface area (Å²) in [5.41, 5.74) is 1.27. The number of rotatable bonds is 3. The van der Waals surface area contributed by atoms with Crippen molar-refractivity contribution in [3.05, 3.63) is 88.5 Å². The Morgan fingerprint density at radius 3 is 1.83 bits per heavy atom. The summed E-state index contributed by atoms with van der Waals surface area (Å²) < 4.78 is 12.3. The van der Waals surface area contributed by atoms with Crippen LogP contribution < -0.4 is 9.47 Å². The number of benzene rings is 4. The molecule has 2 aliphatic heterocycles. The first kappa shape index (κ1) is 26.2. The van der Waals surface area contributed by atoms with Gasteiger partial charge in [-0.05, 0) is 41.5 Å². The maximum Gasteiger partial charge on any atom is 0.157 e. The fraction of sp³-hybridized carbons (Fsp3) is 0.200. The third kappa shape index (κ3) is 4.31. The number of ether oxygens (including phenoxy) is 2. The summed E-state index contributed by atoms with van der Waals surface area (Å²) in [6, 6.07) is 13.0. The zero-order valence-corrected chi connectivity index (χ0v) is 21.2. The molecule has 11 heteroatoms. The second-order valence-corrected chi connectivity index (χ2v) is 10.2. The van der Waals surface area contributed by atoms with Gasteiger partial charge in [-0.3, -0.25) is 0 Å². The van der Waals surface area contributed by atoms with E-state index in [4.69, 9.17) is 9.47 Å². The molecule has 0 fully saturated rings. The molecule has 0 saturated carbocycles. The molecule has 9 N–H and O–H groups in total. The molecular weight excluding hydrogens is 536 g/mol. The van der Waals surface area contributed by atoms with Gasteiger partial charge < -0.3 is 55.4 Å². The second kappa shape index (κ2) is 9.58. The summed E-state index contributed by atoms with van der Waals surface area (Å²) in [5.74, 6) is -3.36. The number of aliphatic hydroxyl groups is 2. The van der Waals surface area contributed by atoms with Crippen LogP contribution in [0.5, 0.6) is 51.7 Å². The number of aliphatic hydroxyl groups excluding tert-OH is 2. The number of hydrogen-bond acceptors (Lipinski definition) is 11. The normalized spacial score (nSPS) is 23.1. The molecule has 41 heavy (non-hydrogen) atoms. The molecule has 0 aliphatic carbocycles. The smallest absolute Gasteiger partial charge is 0.157 e. The monoisotopic (exact) mass is 562 g/mol. The summed E-state index contributed by atoms with van der Waals surface area (Å²) in [6.07, 6.45) is -4.79. The average Bonchev–Trinajstić information content (AvgIpc) is 2.92. The van der Waals surface area contributed by atoms with Gasteiger partial charge >= 0.3 is 0 Å². The molecule has 0 bridgehead atoms. The number of hydrogen-bond donors (Lipinski definition) is 9. The average molecular weight is 563 g/mol. The number of phenols is 7. The molecule has 0 saturated heterocycles. The first-order valence-electron chi connectivity index (χ1n) is 12.7. The van der Waals surface area contributed by atoms with Gasteiger partial charge in [-0.15, -0.1) is 0 Å². The number of aromatic hydroxyl groups is 7. The minimum absolute atomic E-state index is 0.0395. The van der Waals surface area contributed by atoms with Gasteiger partial charge in [-0.2, -0.15) is 0 Å². The molecule has 0 amide bonds. The van der Waals surface area contributed by atoms with E-state index in [1.165, 1.54) is 54.6 Å². The number of fused-ring (bicyclic) bond motifs is 3. The lowest BCUT2D eigenvalue weighted by Gasteiger charge is -2.41. The van der Waals surface area contributed by atoms with Crippen LogP contribution in [-0.2, 0) is 6.42 Å². The lowest BCUT2D eigenvalue weighted by Crippen LogP contribution is -2.37. The summed E-state index contributed by atoms with van der Waals surface area (Å²) in [5, 5.41) is 94.1. The largest absolute Gasteiger partial charge is 0.508 e. The highest BCUT2D eigenvalue weighted by atomic mass is 16.5. The fourth-order valence-corrected chi connectivity index (χ4v) is 5.61. The van der Waals surface area contributed by atoms with E-state index in [2.05, 4.69) is 0 Å². The van der Waals surface area contributed by atoms with Gasteiger partial charge in [0.1, 0.15) is 41.0 Å². The van der Waals surface area contributed by atoms with E-state index in [1.54, 1.807) is 0 Å². The van der Waals surface area contributed by atoms with E-state index in [0.717, 1.165) is 6.07 Å². The van der Waals surface area contributed by atoms with Crippen molar-refractivity contribution in [3.63, 3.8) is 0 Å². The third-order valence-electron chi connectivity index (χ3n) is 7.59. The Kier molecular flexibility index (Phi) is 6.13. The highest BCUT2D eigenvalue weighted by Crippen LogP contribution is 2.56. The van der Waals surface area contributed by atoms with E-state index in [0.29, 0.717) is 11.1 Å². The first-order chi connectivity index (χ1) is 19.5. The molecule has 0 radical (unpaired) electrons. The SMILES string of the molecule is Oc1ccc([C@@H]2c3c(O)cc4c(c3O[C@@H](c3ccc(O)c(O)c3)[C@H]2O)C[C@@H](O)[C@H](c2ccc(O)c(O)c2)O4)c(O)c1. The quantitative estimate of drug-likeness (QED) is 0.166. The summed E-state index contributed by atoms with van der Waals surface area (Å²) in [7, 11) is 0. The van der Waals surface area contributed by atoms with Gasteiger partial charge in [-0.25, -0.2) is 0 Å². The summed E-state index contributed by atoms with van der Waals surface area (Å²) in [4.78, 5) is 0. The third-order valence-corrected chi connectivity index (χ3v) is 7.59. The summed E-state index contributed by atoms with van der Waals surface area (Å²) in [6.45, 7) is 0. The molecule has 11 nitrogen and oxygen atoms in total. The van der Waals surface area contributed by atoms with Crippen LogP contribution in [-0.4, -0.2) is 58.2 Å². The van der Waals surface area contributed by atoms with Crippen molar-refractivity contribution in [2.45, 2.75) is 36.8 Å². The van der Waals surface area contributed by atoms with Gasteiger partial charge in [0.05, 0.1) is 6.10 Å². The van der Waals surface area contributed by atoms with Crippen molar-refractivity contribution in [1.82, 2.24) is 0 Å². The molecule has 2 aliphatic rings. The number of phenolic OH excluding ortho intramolecular Hbond substituents is 7. The van der Waals surface area contributed by atoms with Crippen molar-refractivity contribution < 1.29 is 55.4 Å². The zero-order valence-electron chi connectivity index (χ0n) is 21.2.